The van der Waals surface area contributed by atoms with Gasteiger partial charge in [-0.3, -0.25) is 4.90 Å². The van der Waals surface area contributed by atoms with Crippen molar-refractivity contribution in [2.75, 3.05) is 13.1 Å². The highest BCUT2D eigenvalue weighted by Gasteiger charge is 2.44. The van der Waals surface area contributed by atoms with E-state index in [1.165, 1.54) is 32.1 Å². The van der Waals surface area contributed by atoms with Crippen LogP contribution in [0.25, 0.3) is 0 Å². The van der Waals surface area contributed by atoms with E-state index < -0.39 is 5.60 Å². The quantitative estimate of drug-likeness (QED) is 0.908. The fourth-order valence-electron chi connectivity index (χ4n) is 4.54. The molecule has 2 heterocycles. The minimum atomic E-state index is -1.06. The van der Waals surface area contributed by atoms with Crippen molar-refractivity contribution >= 4 is 0 Å². The summed E-state index contributed by atoms with van der Waals surface area (Å²) in [7, 11) is 0. The van der Waals surface area contributed by atoms with Crippen LogP contribution in [0, 0.1) is 5.92 Å². The Kier molecular flexibility index (Phi) is 4.86. The van der Waals surface area contributed by atoms with E-state index in [2.05, 4.69) is 15.0 Å². The van der Waals surface area contributed by atoms with E-state index in [1.54, 1.807) is 6.33 Å². The second-order valence-electron chi connectivity index (χ2n) is 7.52. The van der Waals surface area contributed by atoms with Gasteiger partial charge < -0.3 is 5.11 Å². The van der Waals surface area contributed by atoms with E-state index in [-0.39, 0.29) is 5.92 Å². The van der Waals surface area contributed by atoms with E-state index in [4.69, 9.17) is 0 Å². The first-order chi connectivity index (χ1) is 12.3. The lowest BCUT2D eigenvalue weighted by Crippen LogP contribution is -2.41. The molecule has 25 heavy (non-hydrogen) atoms. The van der Waals surface area contributed by atoms with Crippen molar-refractivity contribution in [3.63, 3.8) is 0 Å². The van der Waals surface area contributed by atoms with Gasteiger partial charge in [0.25, 0.3) is 0 Å². The minimum Gasteiger partial charge on any atom is -0.377 e. The average Bonchev–Trinajstić information content (AvgIpc) is 3.35. The zero-order chi connectivity index (χ0) is 17.1. The molecular formula is C20H28N4O. The van der Waals surface area contributed by atoms with E-state index in [1.807, 2.05) is 35.0 Å². The van der Waals surface area contributed by atoms with E-state index in [0.717, 1.165) is 38.2 Å². The van der Waals surface area contributed by atoms with Crippen LogP contribution < -0.4 is 0 Å². The highest BCUT2D eigenvalue weighted by Crippen LogP contribution is 2.43. The average molecular weight is 340 g/mol. The van der Waals surface area contributed by atoms with Crippen LogP contribution in [-0.2, 0) is 12.3 Å². The number of rotatable bonds is 5. The molecule has 0 radical (unpaired) electrons. The summed E-state index contributed by atoms with van der Waals surface area (Å²) in [6.45, 7) is 2.93. The Morgan fingerprint density at radius 2 is 1.72 bits per heavy atom. The van der Waals surface area contributed by atoms with Crippen molar-refractivity contribution in [3.8, 4) is 0 Å². The molecule has 1 aliphatic carbocycles. The molecule has 0 amide bonds. The van der Waals surface area contributed by atoms with Crippen LogP contribution in [0.2, 0.25) is 0 Å². The Morgan fingerprint density at radius 3 is 2.44 bits per heavy atom. The van der Waals surface area contributed by atoms with Crippen molar-refractivity contribution in [2.45, 2.75) is 57.2 Å². The summed E-state index contributed by atoms with van der Waals surface area (Å²) in [6, 6.07) is 10.1. The molecule has 5 nitrogen and oxygen atoms in total. The fourth-order valence-corrected chi connectivity index (χ4v) is 4.54. The summed E-state index contributed by atoms with van der Waals surface area (Å²) in [5.74, 6) is 0.905. The van der Waals surface area contributed by atoms with Crippen LogP contribution in [0.5, 0.6) is 0 Å². The molecule has 0 spiro atoms. The van der Waals surface area contributed by atoms with Gasteiger partial charge in [0.05, 0.1) is 6.67 Å². The third-order valence-corrected chi connectivity index (χ3v) is 5.90. The molecular weight excluding hydrogens is 312 g/mol. The highest BCUT2D eigenvalue weighted by molar-refractivity contribution is 5.30. The van der Waals surface area contributed by atoms with Gasteiger partial charge in [0, 0.05) is 0 Å². The molecule has 1 N–H and O–H groups in total. The number of nitrogens with zero attached hydrogens (tertiary/aromatic N) is 4. The molecule has 134 valence electrons. The molecule has 1 aromatic carbocycles. The summed E-state index contributed by atoms with van der Waals surface area (Å²) < 4.78 is 1.92. The monoisotopic (exact) mass is 340 g/mol. The van der Waals surface area contributed by atoms with Gasteiger partial charge in [-0.1, -0.05) is 49.6 Å². The molecule has 2 aliphatic rings. The largest absolute Gasteiger partial charge is 0.377 e. The van der Waals surface area contributed by atoms with Gasteiger partial charge in [0.1, 0.15) is 6.33 Å². The van der Waals surface area contributed by atoms with E-state index in [0.29, 0.717) is 5.82 Å². The maximum atomic E-state index is 12.0. The van der Waals surface area contributed by atoms with Gasteiger partial charge in [-0.05, 0) is 50.3 Å². The Morgan fingerprint density at radius 1 is 1.00 bits per heavy atom. The zero-order valence-corrected chi connectivity index (χ0v) is 14.8. The first-order valence-electron chi connectivity index (χ1n) is 9.67. The third-order valence-electron chi connectivity index (χ3n) is 5.90. The Labute approximate surface area is 149 Å². The number of aromatic nitrogens is 3. The Hall–Kier alpha value is -1.72. The predicted octanol–water partition coefficient (Wildman–Crippen LogP) is 3.15. The van der Waals surface area contributed by atoms with Gasteiger partial charge in [0.2, 0.25) is 0 Å². The molecule has 1 aromatic heterocycles. The number of aliphatic hydroxyl groups is 1. The maximum Gasteiger partial charge on any atom is 0.165 e. The predicted molar refractivity (Wildman–Crippen MR) is 96.8 cm³/mol. The van der Waals surface area contributed by atoms with Gasteiger partial charge >= 0.3 is 0 Å². The molecule has 2 fully saturated rings. The lowest BCUT2D eigenvalue weighted by Gasteiger charge is -2.38. The van der Waals surface area contributed by atoms with Crippen LogP contribution in [0.3, 0.4) is 0 Å². The minimum absolute atomic E-state index is 0.199. The summed E-state index contributed by atoms with van der Waals surface area (Å²) in [4.78, 5) is 6.95. The molecule has 1 atom stereocenters. The lowest BCUT2D eigenvalue weighted by atomic mass is 9.73. The van der Waals surface area contributed by atoms with Crippen molar-refractivity contribution in [3.05, 3.63) is 48.0 Å². The van der Waals surface area contributed by atoms with Crippen molar-refractivity contribution < 1.29 is 5.11 Å². The third kappa shape index (κ3) is 3.23. The number of likely N-dealkylation sites (tertiary alicyclic amines) is 1. The molecule has 1 aliphatic heterocycles. The topological polar surface area (TPSA) is 54.2 Å². The van der Waals surface area contributed by atoms with Gasteiger partial charge in [0.15, 0.2) is 11.4 Å². The van der Waals surface area contributed by atoms with Crippen LogP contribution >= 0.6 is 0 Å². The van der Waals surface area contributed by atoms with E-state index in [9.17, 15) is 5.11 Å². The number of hydrogen-bond donors (Lipinski definition) is 1. The normalized spacial score (nSPS) is 22.1. The van der Waals surface area contributed by atoms with Gasteiger partial charge in [-0.2, -0.15) is 5.10 Å². The smallest absolute Gasteiger partial charge is 0.165 e. The summed E-state index contributed by atoms with van der Waals surface area (Å²) in [6.07, 6.45) is 9.80. The van der Waals surface area contributed by atoms with Crippen LogP contribution in [-0.4, -0.2) is 37.9 Å². The maximum absolute atomic E-state index is 12.0. The first kappa shape index (κ1) is 16.7. The summed E-state index contributed by atoms with van der Waals surface area (Å²) in [5.41, 5.74) is -0.115. The van der Waals surface area contributed by atoms with Crippen LogP contribution in [0.1, 0.15) is 56.3 Å². The fraction of sp³-hybridized carbons (Fsp3) is 0.600. The number of benzene rings is 1. The highest BCUT2D eigenvalue weighted by atomic mass is 16.3. The molecule has 1 saturated heterocycles. The van der Waals surface area contributed by atoms with Crippen molar-refractivity contribution in [1.82, 2.24) is 19.7 Å². The number of hydrogen-bond acceptors (Lipinski definition) is 4. The standard InChI is InChI=1S/C20H28N4O/c25-20(17-9-3-1-4-10-17,18-11-5-2-6-12-18)19-21-15-22-24(19)16-23-13-7-8-14-23/h1,3-4,9-10,15,18,25H,2,5-8,11-14,16H2. The van der Waals surface area contributed by atoms with Gasteiger partial charge in [-0.25, -0.2) is 9.67 Å². The molecule has 5 heteroatoms. The second-order valence-corrected chi connectivity index (χ2v) is 7.52. The van der Waals surface area contributed by atoms with Crippen LogP contribution in [0.4, 0.5) is 0 Å². The molecule has 1 saturated carbocycles. The Balaban J connectivity index is 1.72. The van der Waals surface area contributed by atoms with Crippen molar-refractivity contribution in [1.29, 1.82) is 0 Å². The molecule has 0 bridgehead atoms. The summed E-state index contributed by atoms with van der Waals surface area (Å²) in [5, 5.41) is 16.5. The van der Waals surface area contributed by atoms with Crippen molar-refractivity contribution in [2.24, 2.45) is 5.92 Å². The van der Waals surface area contributed by atoms with Crippen LogP contribution in [0.15, 0.2) is 36.7 Å². The molecule has 4 rings (SSSR count). The Bertz CT molecular complexity index is 674. The SMILES string of the molecule is OC(c1ccccc1)(c1ncnn1CN1CCCC1)C1CCCCC1. The second kappa shape index (κ2) is 7.26. The zero-order valence-electron chi connectivity index (χ0n) is 14.8. The molecule has 2 aromatic rings. The lowest BCUT2D eigenvalue weighted by molar-refractivity contribution is -0.0142. The first-order valence-corrected chi connectivity index (χ1v) is 9.67. The van der Waals surface area contributed by atoms with E-state index >= 15 is 0 Å². The van der Waals surface area contributed by atoms with Gasteiger partial charge in [-0.15, -0.1) is 0 Å². The molecule has 1 unspecified atom stereocenters. The summed E-state index contributed by atoms with van der Waals surface area (Å²) >= 11 is 0.